The summed E-state index contributed by atoms with van der Waals surface area (Å²) in [5.74, 6) is 0.612. The summed E-state index contributed by atoms with van der Waals surface area (Å²) in [6.07, 6.45) is 7.65. The monoisotopic (exact) mass is 224 g/mol. The summed E-state index contributed by atoms with van der Waals surface area (Å²) < 4.78 is 10.6. The Morgan fingerprint density at radius 3 is 2.81 bits per heavy atom. The van der Waals surface area contributed by atoms with Gasteiger partial charge in [0.05, 0.1) is 12.2 Å². The Balaban J connectivity index is 2.66. The Morgan fingerprint density at radius 2 is 2.12 bits per heavy atom. The third kappa shape index (κ3) is 3.72. The van der Waals surface area contributed by atoms with Gasteiger partial charge in [0, 0.05) is 6.42 Å². The molecule has 0 heterocycles. The molecule has 16 heavy (non-hydrogen) atoms. The van der Waals surface area contributed by atoms with Gasteiger partial charge in [-0.2, -0.15) is 0 Å². The standard InChI is InChI=1S/C13H20O3/c1-3-5-10-16-12-9-7-6-8-11(12)13(14)15-4-2/h3,5H,4,6-10H2,1-2H3/b5-3+. The minimum Gasteiger partial charge on any atom is -0.493 e. The van der Waals surface area contributed by atoms with Crippen LogP contribution in [-0.4, -0.2) is 19.2 Å². The summed E-state index contributed by atoms with van der Waals surface area (Å²) in [7, 11) is 0. The van der Waals surface area contributed by atoms with Gasteiger partial charge in [-0.1, -0.05) is 12.2 Å². The van der Waals surface area contributed by atoms with Crippen LogP contribution in [0.15, 0.2) is 23.5 Å². The molecule has 0 aromatic heterocycles. The summed E-state index contributed by atoms with van der Waals surface area (Å²) in [4.78, 5) is 11.7. The van der Waals surface area contributed by atoms with Crippen molar-refractivity contribution >= 4 is 5.97 Å². The van der Waals surface area contributed by atoms with Crippen LogP contribution in [0.25, 0.3) is 0 Å². The predicted octanol–water partition coefficient (Wildman–Crippen LogP) is 2.97. The first-order valence-electron chi connectivity index (χ1n) is 5.92. The molecule has 90 valence electrons. The first kappa shape index (κ1) is 12.8. The fourth-order valence-electron chi connectivity index (χ4n) is 1.72. The number of allylic oxidation sites excluding steroid dienone is 2. The quantitative estimate of drug-likeness (QED) is 0.532. The van der Waals surface area contributed by atoms with E-state index in [-0.39, 0.29) is 5.97 Å². The molecule has 0 spiro atoms. The van der Waals surface area contributed by atoms with Crippen molar-refractivity contribution in [3.8, 4) is 0 Å². The van der Waals surface area contributed by atoms with Crippen LogP contribution in [0.3, 0.4) is 0 Å². The van der Waals surface area contributed by atoms with Gasteiger partial charge in [-0.25, -0.2) is 4.79 Å². The Bertz CT molecular complexity index is 290. The van der Waals surface area contributed by atoms with E-state index in [9.17, 15) is 4.79 Å². The lowest BCUT2D eigenvalue weighted by atomic mass is 9.98. The van der Waals surface area contributed by atoms with Gasteiger partial charge >= 0.3 is 5.97 Å². The smallest absolute Gasteiger partial charge is 0.337 e. The third-order valence-corrected chi connectivity index (χ3v) is 2.53. The van der Waals surface area contributed by atoms with E-state index in [2.05, 4.69) is 0 Å². The lowest BCUT2D eigenvalue weighted by molar-refractivity contribution is -0.139. The number of ether oxygens (including phenoxy) is 2. The highest BCUT2D eigenvalue weighted by Gasteiger charge is 2.21. The molecule has 0 aliphatic heterocycles. The molecule has 3 nitrogen and oxygen atoms in total. The molecule has 0 saturated heterocycles. The van der Waals surface area contributed by atoms with Crippen LogP contribution in [0.5, 0.6) is 0 Å². The second-order valence-electron chi connectivity index (χ2n) is 3.71. The van der Waals surface area contributed by atoms with Crippen molar-refractivity contribution in [2.75, 3.05) is 13.2 Å². The number of carbonyl (C=O) groups is 1. The Hall–Kier alpha value is -1.25. The second kappa shape index (κ2) is 7.09. The zero-order valence-corrected chi connectivity index (χ0v) is 10.1. The number of carbonyl (C=O) groups excluding carboxylic acids is 1. The molecule has 0 bridgehead atoms. The van der Waals surface area contributed by atoms with Gasteiger partial charge in [0.1, 0.15) is 12.4 Å². The fourth-order valence-corrected chi connectivity index (χ4v) is 1.72. The van der Waals surface area contributed by atoms with Gasteiger partial charge in [0.25, 0.3) is 0 Å². The summed E-state index contributed by atoms with van der Waals surface area (Å²) in [5, 5.41) is 0. The van der Waals surface area contributed by atoms with Crippen LogP contribution in [0, 0.1) is 0 Å². The highest BCUT2D eigenvalue weighted by Crippen LogP contribution is 2.26. The van der Waals surface area contributed by atoms with Crippen molar-refractivity contribution < 1.29 is 14.3 Å². The molecule has 0 radical (unpaired) electrons. The van der Waals surface area contributed by atoms with Gasteiger partial charge in [0.15, 0.2) is 0 Å². The summed E-state index contributed by atoms with van der Waals surface area (Å²) in [6, 6.07) is 0. The van der Waals surface area contributed by atoms with E-state index in [1.165, 1.54) is 0 Å². The Kier molecular flexibility index (Phi) is 5.68. The molecule has 0 amide bonds. The molecular weight excluding hydrogens is 204 g/mol. The summed E-state index contributed by atoms with van der Waals surface area (Å²) in [6.45, 7) is 4.73. The zero-order chi connectivity index (χ0) is 11.8. The fraction of sp³-hybridized carbons (Fsp3) is 0.615. The van der Waals surface area contributed by atoms with Crippen LogP contribution in [0.2, 0.25) is 0 Å². The molecule has 3 heteroatoms. The number of hydrogen-bond donors (Lipinski definition) is 0. The Morgan fingerprint density at radius 1 is 1.38 bits per heavy atom. The van der Waals surface area contributed by atoms with Crippen molar-refractivity contribution in [1.82, 2.24) is 0 Å². The zero-order valence-electron chi connectivity index (χ0n) is 10.1. The lowest BCUT2D eigenvalue weighted by Crippen LogP contribution is -2.14. The van der Waals surface area contributed by atoms with Crippen molar-refractivity contribution in [1.29, 1.82) is 0 Å². The molecule has 1 rings (SSSR count). The van der Waals surface area contributed by atoms with E-state index >= 15 is 0 Å². The summed E-state index contributed by atoms with van der Waals surface area (Å²) in [5.41, 5.74) is 0.734. The molecule has 0 aromatic rings. The minimum absolute atomic E-state index is 0.210. The first-order chi connectivity index (χ1) is 7.79. The molecule has 0 N–H and O–H groups in total. The average Bonchev–Trinajstić information content (AvgIpc) is 2.30. The number of hydrogen-bond acceptors (Lipinski definition) is 3. The molecule has 0 unspecified atom stereocenters. The van der Waals surface area contributed by atoms with E-state index in [4.69, 9.17) is 9.47 Å². The van der Waals surface area contributed by atoms with Gasteiger partial charge in [-0.3, -0.25) is 0 Å². The SMILES string of the molecule is C/C=C/COC1=C(C(=O)OCC)CCCC1. The first-order valence-corrected chi connectivity index (χ1v) is 5.92. The van der Waals surface area contributed by atoms with Crippen molar-refractivity contribution in [2.45, 2.75) is 39.5 Å². The van der Waals surface area contributed by atoms with Crippen LogP contribution in [0.1, 0.15) is 39.5 Å². The van der Waals surface area contributed by atoms with E-state index in [1.54, 1.807) is 0 Å². The van der Waals surface area contributed by atoms with E-state index in [0.29, 0.717) is 13.2 Å². The molecule has 0 fully saturated rings. The van der Waals surface area contributed by atoms with Crippen molar-refractivity contribution in [2.24, 2.45) is 0 Å². The molecule has 0 aromatic carbocycles. The highest BCUT2D eigenvalue weighted by atomic mass is 16.5. The highest BCUT2D eigenvalue weighted by molar-refractivity contribution is 5.89. The normalized spacial score (nSPS) is 16.6. The van der Waals surface area contributed by atoms with Gasteiger partial charge in [-0.15, -0.1) is 0 Å². The molecule has 1 aliphatic carbocycles. The topological polar surface area (TPSA) is 35.5 Å². The Labute approximate surface area is 97.1 Å². The van der Waals surface area contributed by atoms with Gasteiger partial charge in [-0.05, 0) is 33.1 Å². The average molecular weight is 224 g/mol. The van der Waals surface area contributed by atoms with E-state index in [1.807, 2.05) is 26.0 Å². The van der Waals surface area contributed by atoms with Crippen LogP contribution >= 0.6 is 0 Å². The number of rotatable bonds is 5. The maximum absolute atomic E-state index is 11.7. The third-order valence-electron chi connectivity index (χ3n) is 2.53. The minimum atomic E-state index is -0.210. The predicted molar refractivity (Wildman–Crippen MR) is 62.9 cm³/mol. The van der Waals surface area contributed by atoms with Crippen LogP contribution in [0.4, 0.5) is 0 Å². The van der Waals surface area contributed by atoms with Crippen molar-refractivity contribution in [3.05, 3.63) is 23.5 Å². The van der Waals surface area contributed by atoms with Gasteiger partial charge in [0.2, 0.25) is 0 Å². The second-order valence-corrected chi connectivity index (χ2v) is 3.71. The van der Waals surface area contributed by atoms with Crippen LogP contribution in [-0.2, 0) is 14.3 Å². The maximum Gasteiger partial charge on any atom is 0.337 e. The molecular formula is C13H20O3. The molecule has 0 atom stereocenters. The molecule has 1 aliphatic rings. The largest absolute Gasteiger partial charge is 0.493 e. The lowest BCUT2D eigenvalue weighted by Gasteiger charge is -2.19. The van der Waals surface area contributed by atoms with Gasteiger partial charge < -0.3 is 9.47 Å². The van der Waals surface area contributed by atoms with E-state index in [0.717, 1.165) is 37.0 Å². The van der Waals surface area contributed by atoms with E-state index < -0.39 is 0 Å². The summed E-state index contributed by atoms with van der Waals surface area (Å²) >= 11 is 0. The maximum atomic E-state index is 11.7. The van der Waals surface area contributed by atoms with Crippen molar-refractivity contribution in [3.63, 3.8) is 0 Å². The molecule has 0 saturated carbocycles. The van der Waals surface area contributed by atoms with Crippen LogP contribution < -0.4 is 0 Å². The number of esters is 1.